The van der Waals surface area contributed by atoms with Crippen molar-refractivity contribution in [1.29, 1.82) is 0 Å². The molecule has 2 aromatic rings. The van der Waals surface area contributed by atoms with Crippen molar-refractivity contribution in [2.24, 2.45) is 0 Å². The fourth-order valence-corrected chi connectivity index (χ4v) is 4.14. The van der Waals surface area contributed by atoms with Gasteiger partial charge in [-0.05, 0) is 42.8 Å². The van der Waals surface area contributed by atoms with E-state index in [-0.39, 0.29) is 23.7 Å². The number of ether oxygens (including phenoxy) is 3. The van der Waals surface area contributed by atoms with Crippen molar-refractivity contribution in [1.82, 2.24) is 4.31 Å². The average molecular weight is 449 g/mol. The highest BCUT2D eigenvalue weighted by atomic mass is 32.2. The van der Waals surface area contributed by atoms with Crippen LogP contribution in [0.25, 0.3) is 0 Å². The minimum atomic E-state index is -3.69. The Morgan fingerprint density at radius 2 is 1.84 bits per heavy atom. The highest BCUT2D eigenvalue weighted by Crippen LogP contribution is 2.27. The van der Waals surface area contributed by atoms with E-state index in [1.54, 1.807) is 6.07 Å². The summed E-state index contributed by atoms with van der Waals surface area (Å²) >= 11 is 0. The van der Waals surface area contributed by atoms with Crippen LogP contribution in [0.2, 0.25) is 0 Å². The maximum Gasteiger partial charge on any atom is 0.340 e. The first kappa shape index (κ1) is 23.1. The predicted octanol–water partition coefficient (Wildman–Crippen LogP) is 2.32. The van der Waals surface area contributed by atoms with E-state index >= 15 is 0 Å². The minimum absolute atomic E-state index is 0.0393. The summed E-state index contributed by atoms with van der Waals surface area (Å²) in [6, 6.07) is 12.1. The predicted molar refractivity (Wildman–Crippen MR) is 117 cm³/mol. The third-order valence-corrected chi connectivity index (χ3v) is 6.70. The number of carbonyl (C=O) groups excluding carboxylic acids is 1. The Bertz CT molecular complexity index is 1020. The molecule has 9 heteroatoms. The van der Waals surface area contributed by atoms with E-state index < -0.39 is 16.0 Å². The summed E-state index contributed by atoms with van der Waals surface area (Å²) in [5, 5.41) is 0. The van der Waals surface area contributed by atoms with Crippen LogP contribution in [0.1, 0.15) is 15.9 Å². The normalized spacial score (nSPS) is 14.5. The lowest BCUT2D eigenvalue weighted by Crippen LogP contribution is -2.37. The molecule has 0 amide bonds. The lowest BCUT2D eigenvalue weighted by atomic mass is 10.1. The Morgan fingerprint density at radius 1 is 1.10 bits per heavy atom. The molecule has 8 nitrogen and oxygen atoms in total. The van der Waals surface area contributed by atoms with Gasteiger partial charge in [-0.25, -0.2) is 17.5 Å². The van der Waals surface area contributed by atoms with Gasteiger partial charge in [-0.2, -0.15) is 0 Å². The van der Waals surface area contributed by atoms with Gasteiger partial charge in [0.2, 0.25) is 10.0 Å². The molecule has 1 heterocycles. The number of hydrogen-bond acceptors (Lipinski definition) is 7. The molecule has 1 fully saturated rings. The SMILES string of the molecule is Cc1cccc(OCCOC(=O)c2cc(S(=O)(=O)N(C)C)ccc2N2CCOCC2)c1. The summed E-state index contributed by atoms with van der Waals surface area (Å²) in [5.74, 6) is 0.106. The van der Waals surface area contributed by atoms with E-state index in [0.29, 0.717) is 37.7 Å². The number of morpholine rings is 1. The Balaban J connectivity index is 1.76. The molecule has 2 aromatic carbocycles. The van der Waals surface area contributed by atoms with E-state index in [9.17, 15) is 13.2 Å². The van der Waals surface area contributed by atoms with E-state index in [1.807, 2.05) is 36.1 Å². The van der Waals surface area contributed by atoms with Crippen LogP contribution in [0.3, 0.4) is 0 Å². The van der Waals surface area contributed by atoms with Gasteiger partial charge in [0.05, 0.1) is 29.4 Å². The average Bonchev–Trinajstić information content (AvgIpc) is 2.76. The molecular weight excluding hydrogens is 420 g/mol. The summed E-state index contributed by atoms with van der Waals surface area (Å²) < 4.78 is 42.6. The topological polar surface area (TPSA) is 85.4 Å². The molecule has 0 aliphatic carbocycles. The van der Waals surface area contributed by atoms with Gasteiger partial charge in [-0.3, -0.25) is 0 Å². The second-order valence-electron chi connectivity index (χ2n) is 7.37. The van der Waals surface area contributed by atoms with Crippen LogP contribution in [0.5, 0.6) is 5.75 Å². The van der Waals surface area contributed by atoms with E-state index in [4.69, 9.17) is 14.2 Å². The fourth-order valence-electron chi connectivity index (χ4n) is 3.21. The van der Waals surface area contributed by atoms with Crippen LogP contribution in [-0.2, 0) is 19.5 Å². The summed E-state index contributed by atoms with van der Waals surface area (Å²) in [4.78, 5) is 14.9. The first-order chi connectivity index (χ1) is 14.8. The van der Waals surface area contributed by atoms with Crippen LogP contribution in [-0.4, -0.2) is 72.3 Å². The number of anilines is 1. The van der Waals surface area contributed by atoms with Gasteiger partial charge in [-0.15, -0.1) is 0 Å². The number of sulfonamides is 1. The summed E-state index contributed by atoms with van der Waals surface area (Å²) in [7, 11) is -0.788. The van der Waals surface area contributed by atoms with Crippen molar-refractivity contribution in [2.45, 2.75) is 11.8 Å². The van der Waals surface area contributed by atoms with Crippen LogP contribution < -0.4 is 9.64 Å². The van der Waals surface area contributed by atoms with Crippen molar-refractivity contribution in [3.05, 3.63) is 53.6 Å². The van der Waals surface area contributed by atoms with Gasteiger partial charge >= 0.3 is 5.97 Å². The van der Waals surface area contributed by atoms with Crippen LogP contribution in [0.15, 0.2) is 47.4 Å². The monoisotopic (exact) mass is 448 g/mol. The number of rotatable bonds is 8. The lowest BCUT2D eigenvalue weighted by molar-refractivity contribution is 0.0450. The van der Waals surface area contributed by atoms with Gasteiger partial charge in [0, 0.05) is 27.2 Å². The maximum atomic E-state index is 12.9. The van der Waals surface area contributed by atoms with Gasteiger partial charge in [0.15, 0.2) is 0 Å². The molecular formula is C22H28N2O6S. The lowest BCUT2D eigenvalue weighted by Gasteiger charge is -2.30. The molecule has 1 aliphatic rings. The summed E-state index contributed by atoms with van der Waals surface area (Å²) in [6.07, 6.45) is 0. The van der Waals surface area contributed by atoms with Crippen LogP contribution in [0.4, 0.5) is 5.69 Å². The van der Waals surface area contributed by atoms with Crippen LogP contribution >= 0.6 is 0 Å². The molecule has 1 aliphatic heterocycles. The molecule has 0 unspecified atom stereocenters. The quantitative estimate of drug-likeness (QED) is 0.453. The van der Waals surface area contributed by atoms with Crippen molar-refractivity contribution < 1.29 is 27.4 Å². The molecule has 0 bridgehead atoms. The van der Waals surface area contributed by atoms with Gasteiger partial charge in [-0.1, -0.05) is 12.1 Å². The van der Waals surface area contributed by atoms with Crippen LogP contribution in [0, 0.1) is 6.92 Å². The molecule has 0 atom stereocenters. The number of nitrogens with zero attached hydrogens (tertiary/aromatic N) is 2. The van der Waals surface area contributed by atoms with Gasteiger partial charge in [0.25, 0.3) is 0 Å². The smallest absolute Gasteiger partial charge is 0.340 e. The standard InChI is InChI=1S/C22H28N2O6S/c1-17-5-4-6-18(15-17)29-13-14-30-22(25)20-16-19(31(26,27)23(2)3)7-8-21(20)24-9-11-28-12-10-24/h4-8,15-16H,9-14H2,1-3H3. The van der Waals surface area contributed by atoms with Crippen molar-refractivity contribution >= 4 is 21.7 Å². The van der Waals surface area contributed by atoms with Crippen molar-refractivity contribution in [3.8, 4) is 5.75 Å². The first-order valence-electron chi connectivity index (χ1n) is 10.0. The number of esters is 1. The van der Waals surface area contributed by atoms with E-state index in [0.717, 1.165) is 9.87 Å². The first-order valence-corrected chi connectivity index (χ1v) is 11.5. The zero-order valence-electron chi connectivity index (χ0n) is 18.0. The minimum Gasteiger partial charge on any atom is -0.490 e. The number of aryl methyl sites for hydroxylation is 1. The second-order valence-corrected chi connectivity index (χ2v) is 9.52. The number of benzene rings is 2. The molecule has 3 rings (SSSR count). The van der Waals surface area contributed by atoms with Crippen molar-refractivity contribution in [2.75, 3.05) is 58.5 Å². The Kier molecular flexibility index (Phi) is 7.53. The molecule has 0 N–H and O–H groups in total. The Labute approximate surface area is 183 Å². The molecule has 0 radical (unpaired) electrons. The van der Waals surface area contributed by atoms with E-state index in [2.05, 4.69) is 0 Å². The molecule has 31 heavy (non-hydrogen) atoms. The largest absolute Gasteiger partial charge is 0.490 e. The summed E-state index contributed by atoms with van der Waals surface area (Å²) in [6.45, 7) is 4.49. The molecule has 0 spiro atoms. The fraction of sp³-hybridized carbons (Fsp3) is 0.409. The van der Waals surface area contributed by atoms with Gasteiger partial charge < -0.3 is 19.1 Å². The highest BCUT2D eigenvalue weighted by Gasteiger charge is 2.25. The second kappa shape index (κ2) is 10.1. The third kappa shape index (κ3) is 5.75. The Morgan fingerprint density at radius 3 is 2.52 bits per heavy atom. The maximum absolute atomic E-state index is 12.9. The zero-order chi connectivity index (χ0) is 22.4. The van der Waals surface area contributed by atoms with Crippen molar-refractivity contribution in [3.63, 3.8) is 0 Å². The van der Waals surface area contributed by atoms with Gasteiger partial charge in [0.1, 0.15) is 19.0 Å². The number of hydrogen-bond donors (Lipinski definition) is 0. The van der Waals surface area contributed by atoms with E-state index in [1.165, 1.54) is 26.2 Å². The zero-order valence-corrected chi connectivity index (χ0v) is 18.9. The molecule has 0 aromatic heterocycles. The molecule has 0 saturated carbocycles. The third-order valence-electron chi connectivity index (χ3n) is 4.89. The Hall–Kier alpha value is -2.62. The molecule has 168 valence electrons. The molecule has 1 saturated heterocycles. The highest BCUT2D eigenvalue weighted by molar-refractivity contribution is 7.89. The number of carbonyl (C=O) groups is 1. The summed E-state index contributed by atoms with van der Waals surface area (Å²) in [5.41, 5.74) is 1.91.